The molecule has 142 valence electrons. The Labute approximate surface area is 150 Å². The summed E-state index contributed by atoms with van der Waals surface area (Å²) in [6.45, 7) is 3.83. The van der Waals surface area contributed by atoms with Crippen LogP contribution in [0.4, 0.5) is 5.82 Å². The van der Waals surface area contributed by atoms with Crippen molar-refractivity contribution < 1.29 is 20.1 Å². The van der Waals surface area contributed by atoms with Crippen molar-refractivity contribution in [2.24, 2.45) is 5.92 Å². The average Bonchev–Trinajstić information content (AvgIpc) is 3.16. The maximum atomic E-state index is 12.1. The molecule has 0 saturated carbocycles. The molecular formula is C17H25N5O4. The first-order valence-electron chi connectivity index (χ1n) is 8.77. The third-order valence-corrected chi connectivity index (χ3v) is 4.73. The average molecular weight is 363 g/mol. The second-order valence-corrected chi connectivity index (χ2v) is 7.09. The number of anilines is 1. The van der Waals surface area contributed by atoms with Crippen LogP contribution < -0.4 is 10.6 Å². The summed E-state index contributed by atoms with van der Waals surface area (Å²) in [5, 5.41) is 35.4. The van der Waals surface area contributed by atoms with Crippen LogP contribution in [0.15, 0.2) is 12.5 Å². The zero-order valence-electron chi connectivity index (χ0n) is 14.8. The molecule has 2 aromatic heterocycles. The number of aliphatic hydroxyl groups is 3. The van der Waals surface area contributed by atoms with Gasteiger partial charge in [0, 0.05) is 18.2 Å². The number of hydrogen-bond donors (Lipinski definition) is 6. The van der Waals surface area contributed by atoms with E-state index in [1.54, 1.807) is 6.20 Å². The van der Waals surface area contributed by atoms with Crippen molar-refractivity contribution in [3.8, 4) is 0 Å². The number of aromatic nitrogens is 3. The van der Waals surface area contributed by atoms with E-state index in [0.717, 1.165) is 6.42 Å². The van der Waals surface area contributed by atoms with Gasteiger partial charge in [-0.3, -0.25) is 4.79 Å². The van der Waals surface area contributed by atoms with Crippen molar-refractivity contribution in [2.75, 3.05) is 11.9 Å². The normalized spacial score (nSPS) is 25.9. The molecule has 1 saturated heterocycles. The summed E-state index contributed by atoms with van der Waals surface area (Å²) >= 11 is 0. The van der Waals surface area contributed by atoms with E-state index in [-0.39, 0.29) is 12.5 Å². The standard InChI is InChI=1S/C17H25N5O4/c1-8(2)3-4-11(24)22-17-14-12(19-7-20-17)9(5-18-14)13-16(26)15(25)10(6-23)21-13/h5,7-8,10,13,15-16,18,21,23,25-26H,3-4,6H2,1-2H3,(H,19,20,22,24)/t10-,13+,15-,16+/m1/s1. The summed E-state index contributed by atoms with van der Waals surface area (Å²) in [5.74, 6) is 0.690. The number of hydrogen-bond acceptors (Lipinski definition) is 7. The summed E-state index contributed by atoms with van der Waals surface area (Å²) in [7, 11) is 0. The lowest BCUT2D eigenvalue weighted by molar-refractivity contribution is -0.116. The third kappa shape index (κ3) is 3.56. The van der Waals surface area contributed by atoms with Crippen LogP contribution in [0, 0.1) is 5.92 Å². The van der Waals surface area contributed by atoms with Crippen LogP contribution in [0.1, 0.15) is 38.3 Å². The van der Waals surface area contributed by atoms with Gasteiger partial charge in [0.1, 0.15) is 17.9 Å². The van der Waals surface area contributed by atoms with Crippen molar-refractivity contribution in [2.45, 2.75) is 51.0 Å². The van der Waals surface area contributed by atoms with Gasteiger partial charge in [0.2, 0.25) is 5.91 Å². The minimum absolute atomic E-state index is 0.121. The molecular weight excluding hydrogens is 338 g/mol. The van der Waals surface area contributed by atoms with Crippen LogP contribution in [-0.4, -0.2) is 61.0 Å². The molecule has 6 N–H and O–H groups in total. The minimum atomic E-state index is -1.08. The SMILES string of the molecule is CC(C)CCC(=O)Nc1ncnc2c([C@@H]3N[C@H](CO)[C@@H](O)[C@H]3O)c[nH]c12. The smallest absolute Gasteiger partial charge is 0.225 e. The van der Waals surface area contributed by atoms with E-state index in [0.29, 0.717) is 34.8 Å². The van der Waals surface area contributed by atoms with Crippen molar-refractivity contribution in [3.63, 3.8) is 0 Å². The molecule has 26 heavy (non-hydrogen) atoms. The Morgan fingerprint density at radius 3 is 2.73 bits per heavy atom. The van der Waals surface area contributed by atoms with Gasteiger partial charge in [0.15, 0.2) is 5.82 Å². The van der Waals surface area contributed by atoms with Crippen LogP contribution in [0.3, 0.4) is 0 Å². The Morgan fingerprint density at radius 1 is 1.31 bits per heavy atom. The number of fused-ring (bicyclic) bond motifs is 1. The van der Waals surface area contributed by atoms with Crippen LogP contribution in [0.2, 0.25) is 0 Å². The number of amides is 1. The van der Waals surface area contributed by atoms with Crippen molar-refractivity contribution >= 4 is 22.8 Å². The predicted molar refractivity (Wildman–Crippen MR) is 95.4 cm³/mol. The molecule has 1 aliphatic rings. The monoisotopic (exact) mass is 363 g/mol. The predicted octanol–water partition coefficient (Wildman–Crippen LogP) is 0.0596. The summed E-state index contributed by atoms with van der Waals surface area (Å²) in [5.41, 5.74) is 1.74. The lowest BCUT2D eigenvalue weighted by atomic mass is 10.0. The van der Waals surface area contributed by atoms with Gasteiger partial charge in [-0.25, -0.2) is 9.97 Å². The highest BCUT2D eigenvalue weighted by molar-refractivity contribution is 5.98. The van der Waals surface area contributed by atoms with Gasteiger partial charge < -0.3 is 30.9 Å². The Kier molecular flexibility index (Phi) is 5.52. The molecule has 2 aromatic rings. The Bertz CT molecular complexity index is 778. The van der Waals surface area contributed by atoms with E-state index >= 15 is 0 Å². The molecule has 9 heteroatoms. The first kappa shape index (κ1) is 18.7. The third-order valence-electron chi connectivity index (χ3n) is 4.73. The molecule has 3 rings (SSSR count). The van der Waals surface area contributed by atoms with Crippen LogP contribution >= 0.6 is 0 Å². The zero-order valence-corrected chi connectivity index (χ0v) is 14.8. The lowest BCUT2D eigenvalue weighted by Crippen LogP contribution is -2.35. The van der Waals surface area contributed by atoms with Gasteiger partial charge in [0.25, 0.3) is 0 Å². The van der Waals surface area contributed by atoms with Crippen LogP contribution in [-0.2, 0) is 4.79 Å². The van der Waals surface area contributed by atoms with Crippen LogP contribution in [0.25, 0.3) is 11.0 Å². The highest BCUT2D eigenvalue weighted by Crippen LogP contribution is 2.33. The Morgan fingerprint density at radius 2 is 2.08 bits per heavy atom. The number of nitrogens with one attached hydrogen (secondary N) is 3. The summed E-state index contributed by atoms with van der Waals surface area (Å²) in [6.07, 6.45) is 2.05. The van der Waals surface area contributed by atoms with Gasteiger partial charge in [-0.2, -0.15) is 0 Å². The fourth-order valence-corrected chi connectivity index (χ4v) is 3.20. The zero-order chi connectivity index (χ0) is 18.8. The molecule has 1 fully saturated rings. The number of nitrogens with zero attached hydrogens (tertiary/aromatic N) is 2. The first-order chi connectivity index (χ1) is 12.4. The Hall–Kier alpha value is -2.07. The van der Waals surface area contributed by atoms with Gasteiger partial charge in [-0.1, -0.05) is 13.8 Å². The largest absolute Gasteiger partial charge is 0.395 e. The number of aromatic amines is 1. The highest BCUT2D eigenvalue weighted by Gasteiger charge is 2.42. The molecule has 0 bridgehead atoms. The minimum Gasteiger partial charge on any atom is -0.395 e. The van der Waals surface area contributed by atoms with E-state index in [1.165, 1.54) is 6.33 Å². The second kappa shape index (κ2) is 7.67. The highest BCUT2D eigenvalue weighted by atomic mass is 16.3. The molecule has 3 heterocycles. The fourth-order valence-electron chi connectivity index (χ4n) is 3.20. The fraction of sp³-hybridized carbons (Fsp3) is 0.588. The van der Waals surface area contributed by atoms with Gasteiger partial charge in [-0.15, -0.1) is 0 Å². The summed E-state index contributed by atoms with van der Waals surface area (Å²) < 4.78 is 0. The number of aliphatic hydroxyl groups excluding tert-OH is 3. The number of carbonyl (C=O) groups excluding carboxylic acids is 1. The maximum Gasteiger partial charge on any atom is 0.225 e. The van der Waals surface area contributed by atoms with Gasteiger partial charge >= 0.3 is 0 Å². The van der Waals surface area contributed by atoms with E-state index in [2.05, 4.69) is 39.4 Å². The molecule has 0 aliphatic carbocycles. The van der Waals surface area contributed by atoms with Crippen molar-refractivity contribution in [1.29, 1.82) is 0 Å². The van der Waals surface area contributed by atoms with Crippen molar-refractivity contribution in [1.82, 2.24) is 20.3 Å². The number of carbonyl (C=O) groups is 1. The molecule has 4 atom stereocenters. The summed E-state index contributed by atoms with van der Waals surface area (Å²) in [6, 6.07) is -1.20. The van der Waals surface area contributed by atoms with Crippen LogP contribution in [0.5, 0.6) is 0 Å². The van der Waals surface area contributed by atoms with E-state index in [1.807, 2.05) is 0 Å². The van der Waals surface area contributed by atoms with E-state index < -0.39 is 24.3 Å². The molecule has 1 aliphatic heterocycles. The first-order valence-corrected chi connectivity index (χ1v) is 8.77. The van der Waals surface area contributed by atoms with Crippen molar-refractivity contribution in [3.05, 3.63) is 18.1 Å². The lowest BCUT2D eigenvalue weighted by Gasteiger charge is -2.14. The molecule has 0 unspecified atom stereocenters. The van der Waals surface area contributed by atoms with Gasteiger partial charge in [-0.05, 0) is 12.3 Å². The molecule has 0 aromatic carbocycles. The molecule has 9 nitrogen and oxygen atoms in total. The molecule has 1 amide bonds. The van der Waals surface area contributed by atoms with Gasteiger partial charge in [0.05, 0.1) is 30.3 Å². The quantitative estimate of drug-likeness (QED) is 0.426. The van der Waals surface area contributed by atoms with E-state index in [9.17, 15) is 20.1 Å². The topological polar surface area (TPSA) is 143 Å². The molecule has 0 radical (unpaired) electrons. The number of rotatable bonds is 6. The van der Waals surface area contributed by atoms with E-state index in [4.69, 9.17) is 0 Å². The molecule has 0 spiro atoms. The number of H-pyrrole nitrogens is 1. The second-order valence-electron chi connectivity index (χ2n) is 7.09. The maximum absolute atomic E-state index is 12.1. The Balaban J connectivity index is 1.84. The summed E-state index contributed by atoms with van der Waals surface area (Å²) in [4.78, 5) is 23.5.